The summed E-state index contributed by atoms with van der Waals surface area (Å²) in [6.07, 6.45) is 0.819. The van der Waals surface area contributed by atoms with E-state index in [4.69, 9.17) is 9.47 Å². The van der Waals surface area contributed by atoms with Gasteiger partial charge in [0.05, 0.1) is 7.11 Å². The van der Waals surface area contributed by atoms with Crippen LogP contribution in [0.5, 0.6) is 11.5 Å². The van der Waals surface area contributed by atoms with E-state index < -0.39 is 6.04 Å². The van der Waals surface area contributed by atoms with Crippen molar-refractivity contribution in [3.05, 3.63) is 58.6 Å². The van der Waals surface area contributed by atoms with Gasteiger partial charge in [0.15, 0.2) is 6.61 Å². The summed E-state index contributed by atoms with van der Waals surface area (Å²) in [4.78, 5) is 27.2. The van der Waals surface area contributed by atoms with E-state index in [-0.39, 0.29) is 24.5 Å². The van der Waals surface area contributed by atoms with E-state index in [2.05, 4.69) is 21.2 Å². The molecule has 0 spiro atoms. The minimum absolute atomic E-state index is 0.0418. The zero-order valence-electron chi connectivity index (χ0n) is 17.9. The lowest BCUT2D eigenvalue weighted by Crippen LogP contribution is -2.50. The maximum atomic E-state index is 13.0. The first-order chi connectivity index (χ1) is 14.3. The Hall–Kier alpha value is -2.54. The Morgan fingerprint density at radius 3 is 2.20 bits per heavy atom. The second-order valence-electron chi connectivity index (χ2n) is 7.11. The van der Waals surface area contributed by atoms with Crippen LogP contribution in [0, 0.1) is 0 Å². The van der Waals surface area contributed by atoms with Crippen molar-refractivity contribution >= 4 is 27.7 Å². The van der Waals surface area contributed by atoms with Crippen LogP contribution in [0.1, 0.15) is 32.8 Å². The zero-order chi connectivity index (χ0) is 22.1. The van der Waals surface area contributed by atoms with Crippen LogP contribution >= 0.6 is 15.9 Å². The van der Waals surface area contributed by atoms with Crippen molar-refractivity contribution in [3.8, 4) is 11.5 Å². The topological polar surface area (TPSA) is 67.9 Å². The van der Waals surface area contributed by atoms with Crippen LogP contribution < -0.4 is 14.8 Å². The number of nitrogens with one attached hydrogen (secondary N) is 1. The summed E-state index contributed by atoms with van der Waals surface area (Å²) in [7, 11) is 1.59. The van der Waals surface area contributed by atoms with Crippen molar-refractivity contribution in [3.63, 3.8) is 0 Å². The summed E-state index contributed by atoms with van der Waals surface area (Å²) in [5.41, 5.74) is 0.930. The lowest BCUT2D eigenvalue weighted by Gasteiger charge is -2.29. The Labute approximate surface area is 186 Å². The summed E-state index contributed by atoms with van der Waals surface area (Å²) < 4.78 is 11.7. The van der Waals surface area contributed by atoms with Gasteiger partial charge in [0.25, 0.3) is 5.91 Å². The summed E-state index contributed by atoms with van der Waals surface area (Å²) in [6.45, 7) is 5.83. The van der Waals surface area contributed by atoms with Gasteiger partial charge in [0, 0.05) is 17.1 Å². The summed E-state index contributed by atoms with van der Waals surface area (Å²) >= 11 is 3.42. The third-order valence-electron chi connectivity index (χ3n) is 4.86. The Morgan fingerprint density at radius 2 is 1.63 bits per heavy atom. The number of methoxy groups -OCH3 is 1. The molecule has 0 saturated carbocycles. The van der Waals surface area contributed by atoms with E-state index in [9.17, 15) is 9.59 Å². The first-order valence-corrected chi connectivity index (χ1v) is 10.7. The molecule has 162 valence electrons. The first kappa shape index (κ1) is 23.7. The third kappa shape index (κ3) is 7.06. The van der Waals surface area contributed by atoms with Gasteiger partial charge in [-0.05, 0) is 62.2 Å². The molecule has 0 saturated heterocycles. The summed E-state index contributed by atoms with van der Waals surface area (Å²) in [5.74, 6) is 0.824. The lowest BCUT2D eigenvalue weighted by atomic mass is 10.1. The maximum absolute atomic E-state index is 13.0. The first-order valence-electron chi connectivity index (χ1n) is 9.95. The molecule has 0 aliphatic heterocycles. The highest BCUT2D eigenvalue weighted by Crippen LogP contribution is 2.18. The van der Waals surface area contributed by atoms with Gasteiger partial charge >= 0.3 is 0 Å². The third-order valence-corrected chi connectivity index (χ3v) is 5.38. The molecule has 2 aromatic carbocycles. The van der Waals surface area contributed by atoms with Crippen molar-refractivity contribution in [2.45, 2.75) is 45.8 Å². The number of carbonyl (C=O) groups is 2. The van der Waals surface area contributed by atoms with E-state index >= 15 is 0 Å². The number of ether oxygens (including phenoxy) is 2. The highest BCUT2D eigenvalue weighted by atomic mass is 79.9. The van der Waals surface area contributed by atoms with Crippen LogP contribution in [-0.2, 0) is 16.1 Å². The van der Waals surface area contributed by atoms with Crippen molar-refractivity contribution < 1.29 is 19.1 Å². The standard InChI is InChI=1S/C23H29BrN2O4/c1-5-16(2)25-23(28)17(3)26(14-18-6-8-19(24)9-7-18)22(27)15-30-21-12-10-20(29-4)11-13-21/h6-13,16-17H,5,14-15H2,1-4H3,(H,25,28)/t16-,17-/m1/s1. The predicted octanol–water partition coefficient (Wildman–Crippen LogP) is 4.17. The second-order valence-corrected chi connectivity index (χ2v) is 8.02. The molecule has 2 aromatic rings. The minimum atomic E-state index is -0.630. The van der Waals surface area contributed by atoms with Gasteiger partial charge in [0.2, 0.25) is 5.91 Å². The van der Waals surface area contributed by atoms with E-state index in [0.29, 0.717) is 18.0 Å². The van der Waals surface area contributed by atoms with Gasteiger partial charge in [-0.1, -0.05) is 35.0 Å². The number of amides is 2. The molecule has 0 unspecified atom stereocenters. The molecule has 2 amide bonds. The fourth-order valence-corrected chi connectivity index (χ4v) is 3.00. The Kier molecular flexibility index (Phi) is 9.17. The molecule has 0 bridgehead atoms. The monoisotopic (exact) mass is 476 g/mol. The van der Waals surface area contributed by atoms with Crippen molar-refractivity contribution in [2.24, 2.45) is 0 Å². The number of hydrogen-bond donors (Lipinski definition) is 1. The highest BCUT2D eigenvalue weighted by molar-refractivity contribution is 9.10. The molecular formula is C23H29BrN2O4. The fraction of sp³-hybridized carbons (Fsp3) is 0.391. The van der Waals surface area contributed by atoms with Gasteiger partial charge in [-0.2, -0.15) is 0 Å². The van der Waals surface area contributed by atoms with E-state index in [1.54, 1.807) is 43.2 Å². The number of carbonyl (C=O) groups excluding carboxylic acids is 2. The van der Waals surface area contributed by atoms with Gasteiger partial charge in [-0.25, -0.2) is 0 Å². The van der Waals surface area contributed by atoms with Gasteiger partial charge < -0.3 is 19.7 Å². The van der Waals surface area contributed by atoms with Crippen LogP contribution in [0.15, 0.2) is 53.0 Å². The minimum Gasteiger partial charge on any atom is -0.497 e. The second kappa shape index (κ2) is 11.6. The molecule has 2 atom stereocenters. The molecule has 2 rings (SSSR count). The molecule has 0 aromatic heterocycles. The smallest absolute Gasteiger partial charge is 0.261 e. The Bertz CT molecular complexity index is 824. The molecular weight excluding hydrogens is 448 g/mol. The van der Waals surface area contributed by atoms with E-state index in [1.165, 1.54) is 0 Å². The number of hydrogen-bond acceptors (Lipinski definition) is 4. The van der Waals surface area contributed by atoms with Crippen LogP contribution in [0.2, 0.25) is 0 Å². The number of rotatable bonds is 10. The average Bonchev–Trinajstić information content (AvgIpc) is 2.76. The number of benzene rings is 2. The quantitative estimate of drug-likeness (QED) is 0.558. The summed E-state index contributed by atoms with van der Waals surface area (Å²) in [6, 6.07) is 14.1. The molecule has 0 radical (unpaired) electrons. The average molecular weight is 477 g/mol. The normalized spacial score (nSPS) is 12.6. The van der Waals surface area contributed by atoms with Crippen LogP contribution in [0.25, 0.3) is 0 Å². The molecule has 7 heteroatoms. The van der Waals surface area contributed by atoms with Gasteiger partial charge in [-0.15, -0.1) is 0 Å². The molecule has 0 aliphatic rings. The lowest BCUT2D eigenvalue weighted by molar-refractivity contribution is -0.142. The molecule has 0 fully saturated rings. The number of nitrogens with zero attached hydrogens (tertiary/aromatic N) is 1. The van der Waals surface area contributed by atoms with Gasteiger partial charge in [-0.3, -0.25) is 9.59 Å². The largest absolute Gasteiger partial charge is 0.497 e. The molecule has 1 N–H and O–H groups in total. The Balaban J connectivity index is 2.12. The predicted molar refractivity (Wildman–Crippen MR) is 121 cm³/mol. The van der Waals surface area contributed by atoms with Gasteiger partial charge in [0.1, 0.15) is 17.5 Å². The maximum Gasteiger partial charge on any atom is 0.261 e. The molecule has 6 nitrogen and oxygen atoms in total. The zero-order valence-corrected chi connectivity index (χ0v) is 19.4. The highest BCUT2D eigenvalue weighted by Gasteiger charge is 2.27. The summed E-state index contributed by atoms with van der Waals surface area (Å²) in [5, 5.41) is 2.95. The SMILES string of the molecule is CC[C@@H](C)NC(=O)[C@@H](C)N(Cc1ccc(Br)cc1)C(=O)COc1ccc(OC)cc1. The van der Waals surface area contributed by atoms with Crippen molar-refractivity contribution in [1.82, 2.24) is 10.2 Å². The molecule has 30 heavy (non-hydrogen) atoms. The van der Waals surface area contributed by atoms with E-state index in [0.717, 1.165) is 16.5 Å². The van der Waals surface area contributed by atoms with Crippen LogP contribution in [0.3, 0.4) is 0 Å². The van der Waals surface area contributed by atoms with E-state index in [1.807, 2.05) is 38.1 Å². The van der Waals surface area contributed by atoms with Crippen molar-refractivity contribution in [1.29, 1.82) is 0 Å². The van der Waals surface area contributed by atoms with Crippen LogP contribution in [-0.4, -0.2) is 42.5 Å². The van der Waals surface area contributed by atoms with Crippen LogP contribution in [0.4, 0.5) is 0 Å². The Morgan fingerprint density at radius 1 is 1.03 bits per heavy atom. The fourth-order valence-electron chi connectivity index (χ4n) is 2.73. The van der Waals surface area contributed by atoms with Crippen molar-refractivity contribution in [2.75, 3.05) is 13.7 Å². The molecule has 0 aliphatic carbocycles. The number of halogens is 1. The molecule has 0 heterocycles.